The monoisotopic (exact) mass is 434 g/mol. The maximum atomic E-state index is 13.2. The summed E-state index contributed by atoms with van der Waals surface area (Å²) in [5.74, 6) is 0. The molecule has 0 amide bonds. The standard InChI is InChI=1S/C21H26N2O4S2/c1-15-7-10-21(16(2)13-15)29(26,27)23-12-11-17-14-19(8-9-20(17)23)28(24,25)22-18-5-3-4-6-18/h7-10,13-14,18,22H,3-6,11-12H2,1-2H3. The molecule has 1 fully saturated rings. The molecule has 8 heteroatoms. The van der Waals surface area contributed by atoms with Crippen LogP contribution >= 0.6 is 0 Å². The number of hydrogen-bond donors (Lipinski definition) is 1. The molecule has 2 aromatic carbocycles. The van der Waals surface area contributed by atoms with Crippen LogP contribution in [0.25, 0.3) is 0 Å². The number of nitrogens with zero attached hydrogens (tertiary/aromatic N) is 1. The number of sulfonamides is 2. The first-order valence-corrected chi connectivity index (χ1v) is 12.9. The van der Waals surface area contributed by atoms with Gasteiger partial charge in [-0.15, -0.1) is 0 Å². The zero-order valence-electron chi connectivity index (χ0n) is 16.7. The van der Waals surface area contributed by atoms with Gasteiger partial charge < -0.3 is 0 Å². The summed E-state index contributed by atoms with van der Waals surface area (Å²) in [6, 6.07) is 10.0. The molecule has 2 aromatic rings. The summed E-state index contributed by atoms with van der Waals surface area (Å²) in [6.07, 6.45) is 4.32. The lowest BCUT2D eigenvalue weighted by Crippen LogP contribution is -2.32. The van der Waals surface area contributed by atoms with E-state index in [1.165, 1.54) is 10.4 Å². The van der Waals surface area contributed by atoms with Crippen molar-refractivity contribution < 1.29 is 16.8 Å². The Morgan fingerprint density at radius 1 is 0.966 bits per heavy atom. The molecule has 4 rings (SSSR count). The first kappa shape index (κ1) is 20.4. The van der Waals surface area contributed by atoms with Crippen LogP contribution in [0.1, 0.15) is 42.4 Å². The smallest absolute Gasteiger partial charge is 0.264 e. The van der Waals surface area contributed by atoms with Crippen molar-refractivity contribution in [3.63, 3.8) is 0 Å². The van der Waals surface area contributed by atoms with E-state index in [2.05, 4.69) is 4.72 Å². The molecule has 1 aliphatic carbocycles. The number of nitrogens with one attached hydrogen (secondary N) is 1. The summed E-state index contributed by atoms with van der Waals surface area (Å²) in [5.41, 5.74) is 3.02. The van der Waals surface area contributed by atoms with Crippen LogP contribution < -0.4 is 9.03 Å². The first-order chi connectivity index (χ1) is 13.7. The van der Waals surface area contributed by atoms with Gasteiger partial charge >= 0.3 is 0 Å². The van der Waals surface area contributed by atoms with Gasteiger partial charge in [0.25, 0.3) is 10.0 Å². The number of aryl methyl sites for hydroxylation is 2. The summed E-state index contributed by atoms with van der Waals surface area (Å²) in [7, 11) is -7.30. The maximum Gasteiger partial charge on any atom is 0.264 e. The first-order valence-electron chi connectivity index (χ1n) is 9.94. The molecule has 1 N–H and O–H groups in total. The van der Waals surface area contributed by atoms with Crippen molar-refractivity contribution in [3.8, 4) is 0 Å². The van der Waals surface area contributed by atoms with E-state index in [-0.39, 0.29) is 15.8 Å². The van der Waals surface area contributed by atoms with Gasteiger partial charge in [0.05, 0.1) is 15.5 Å². The molecule has 156 valence electrons. The molecule has 0 spiro atoms. The Bertz CT molecular complexity index is 1150. The topological polar surface area (TPSA) is 83.6 Å². The van der Waals surface area contributed by atoms with Crippen molar-refractivity contribution in [1.29, 1.82) is 0 Å². The van der Waals surface area contributed by atoms with Crippen LogP contribution in [0, 0.1) is 13.8 Å². The van der Waals surface area contributed by atoms with E-state index < -0.39 is 20.0 Å². The molecule has 1 heterocycles. The lowest BCUT2D eigenvalue weighted by atomic mass is 10.2. The van der Waals surface area contributed by atoms with E-state index >= 15 is 0 Å². The second-order valence-electron chi connectivity index (χ2n) is 7.99. The lowest BCUT2D eigenvalue weighted by molar-refractivity contribution is 0.552. The van der Waals surface area contributed by atoms with Gasteiger partial charge in [-0.05, 0) is 68.5 Å². The van der Waals surface area contributed by atoms with E-state index in [1.54, 1.807) is 31.2 Å². The van der Waals surface area contributed by atoms with Gasteiger partial charge in [0.2, 0.25) is 10.0 Å². The van der Waals surface area contributed by atoms with Crippen molar-refractivity contribution in [3.05, 3.63) is 53.1 Å². The number of benzene rings is 2. The Morgan fingerprint density at radius 2 is 1.69 bits per heavy atom. The molecule has 0 saturated heterocycles. The van der Waals surface area contributed by atoms with Crippen molar-refractivity contribution in [1.82, 2.24) is 4.72 Å². The quantitative estimate of drug-likeness (QED) is 0.783. The van der Waals surface area contributed by atoms with Crippen LogP contribution in [0.2, 0.25) is 0 Å². The van der Waals surface area contributed by atoms with Gasteiger partial charge in [0, 0.05) is 12.6 Å². The SMILES string of the molecule is Cc1ccc(S(=O)(=O)N2CCc3cc(S(=O)(=O)NC4CCCC4)ccc32)c(C)c1. The van der Waals surface area contributed by atoms with Crippen LogP contribution in [0.4, 0.5) is 5.69 Å². The van der Waals surface area contributed by atoms with Gasteiger partial charge in [0.15, 0.2) is 0 Å². The number of rotatable bonds is 5. The molecule has 6 nitrogen and oxygen atoms in total. The fraction of sp³-hybridized carbons (Fsp3) is 0.429. The second-order valence-corrected chi connectivity index (χ2v) is 11.5. The van der Waals surface area contributed by atoms with E-state index in [0.29, 0.717) is 24.2 Å². The molecule has 0 atom stereocenters. The molecular weight excluding hydrogens is 408 g/mol. The van der Waals surface area contributed by atoms with Gasteiger partial charge in [0.1, 0.15) is 0 Å². The highest BCUT2D eigenvalue weighted by Gasteiger charge is 2.33. The molecule has 29 heavy (non-hydrogen) atoms. The van der Waals surface area contributed by atoms with Crippen molar-refractivity contribution >= 4 is 25.7 Å². The predicted octanol–water partition coefficient (Wildman–Crippen LogP) is 3.28. The maximum absolute atomic E-state index is 13.2. The molecule has 1 aliphatic heterocycles. The third-order valence-corrected chi connectivity index (χ3v) is 9.28. The highest BCUT2D eigenvalue weighted by atomic mass is 32.2. The molecule has 1 saturated carbocycles. The fourth-order valence-corrected chi connectivity index (χ4v) is 7.37. The third-order valence-electron chi connectivity index (χ3n) is 5.79. The van der Waals surface area contributed by atoms with Crippen LogP contribution in [0.3, 0.4) is 0 Å². The largest absolute Gasteiger partial charge is 0.266 e. The van der Waals surface area contributed by atoms with Crippen molar-refractivity contribution in [2.45, 2.75) is 61.8 Å². The van der Waals surface area contributed by atoms with Crippen molar-refractivity contribution in [2.24, 2.45) is 0 Å². The highest BCUT2D eigenvalue weighted by Crippen LogP contribution is 2.35. The Hall–Kier alpha value is -1.90. The Morgan fingerprint density at radius 3 is 2.38 bits per heavy atom. The number of fused-ring (bicyclic) bond motifs is 1. The molecule has 0 aromatic heterocycles. The predicted molar refractivity (Wildman–Crippen MR) is 113 cm³/mol. The zero-order valence-corrected chi connectivity index (χ0v) is 18.3. The Kier molecular flexibility index (Phi) is 5.21. The third kappa shape index (κ3) is 3.81. The van der Waals surface area contributed by atoms with Gasteiger partial charge in [-0.25, -0.2) is 21.6 Å². The highest BCUT2D eigenvalue weighted by molar-refractivity contribution is 7.93. The van der Waals surface area contributed by atoms with Gasteiger partial charge in [-0.1, -0.05) is 30.5 Å². The molecule has 2 aliphatic rings. The second kappa shape index (κ2) is 7.41. The van der Waals surface area contributed by atoms with E-state index in [0.717, 1.165) is 36.8 Å². The van der Waals surface area contributed by atoms with Crippen LogP contribution in [0.5, 0.6) is 0 Å². The number of hydrogen-bond acceptors (Lipinski definition) is 4. The van der Waals surface area contributed by atoms with Gasteiger partial charge in [-0.2, -0.15) is 0 Å². The Balaban J connectivity index is 1.64. The minimum absolute atomic E-state index is 0.00496. The normalized spacial score (nSPS) is 17.7. The van der Waals surface area contributed by atoms with Crippen LogP contribution in [-0.4, -0.2) is 29.4 Å². The molecule has 0 unspecified atom stereocenters. The fourth-order valence-electron chi connectivity index (χ4n) is 4.30. The summed E-state index contributed by atoms with van der Waals surface area (Å²) >= 11 is 0. The van der Waals surface area contributed by atoms with E-state index in [9.17, 15) is 16.8 Å². The summed E-state index contributed by atoms with van der Waals surface area (Å²) < 4.78 is 56.1. The van der Waals surface area contributed by atoms with Crippen LogP contribution in [0.15, 0.2) is 46.2 Å². The molecule has 0 bridgehead atoms. The van der Waals surface area contributed by atoms with Crippen molar-refractivity contribution in [2.75, 3.05) is 10.8 Å². The molecular formula is C21H26N2O4S2. The summed E-state index contributed by atoms with van der Waals surface area (Å²) in [5, 5.41) is 0. The zero-order chi connectivity index (χ0) is 20.8. The van der Waals surface area contributed by atoms with Crippen LogP contribution in [-0.2, 0) is 26.5 Å². The minimum atomic E-state index is -3.70. The van der Waals surface area contributed by atoms with E-state index in [4.69, 9.17) is 0 Å². The average molecular weight is 435 g/mol. The van der Waals surface area contributed by atoms with E-state index in [1.807, 2.05) is 13.0 Å². The summed E-state index contributed by atoms with van der Waals surface area (Å²) in [6.45, 7) is 4.03. The summed E-state index contributed by atoms with van der Waals surface area (Å²) in [4.78, 5) is 0.490. The van der Waals surface area contributed by atoms with Gasteiger partial charge in [-0.3, -0.25) is 4.31 Å². The lowest BCUT2D eigenvalue weighted by Gasteiger charge is -2.21. The number of anilines is 1. The Labute approximate surface area is 173 Å². The minimum Gasteiger partial charge on any atom is -0.266 e. The average Bonchev–Trinajstić information content (AvgIpc) is 3.30. The molecule has 0 radical (unpaired) electrons.